The summed E-state index contributed by atoms with van der Waals surface area (Å²) in [6, 6.07) is 83.6. The molecule has 0 fully saturated rings. The molecule has 0 radical (unpaired) electrons. The Bertz CT molecular complexity index is 3870. The first-order chi connectivity index (χ1) is 31.2. The van der Waals surface area contributed by atoms with Crippen molar-refractivity contribution in [3.63, 3.8) is 0 Å². The third-order valence-corrected chi connectivity index (χ3v) is 12.9. The molecule has 294 valence electrons. The van der Waals surface area contributed by atoms with E-state index >= 15 is 0 Å². The van der Waals surface area contributed by atoms with Crippen LogP contribution in [-0.2, 0) is 0 Å². The molecule has 0 unspecified atom stereocenters. The van der Waals surface area contributed by atoms with E-state index in [0.717, 1.165) is 55.8 Å². The van der Waals surface area contributed by atoms with Crippen LogP contribution in [0.25, 0.3) is 104 Å². The van der Waals surface area contributed by atoms with Crippen LogP contribution in [0.2, 0.25) is 0 Å². The van der Waals surface area contributed by atoms with Crippen molar-refractivity contribution in [2.24, 2.45) is 0 Å². The fraction of sp³-hybridized carbons (Fsp3) is 0. The fourth-order valence-corrected chi connectivity index (χ4v) is 10.0. The molecular weight excluding hydrogens is 765 g/mol. The number of rotatable bonds is 6. The summed E-state index contributed by atoms with van der Waals surface area (Å²) in [7, 11) is 0. The first-order valence-electron chi connectivity index (χ1n) is 21.6. The number of aromatic nitrogens is 1. The number of fused-ring (bicyclic) bond motifs is 10. The van der Waals surface area contributed by atoms with Crippen molar-refractivity contribution in [1.29, 1.82) is 0 Å². The minimum atomic E-state index is 0.884. The summed E-state index contributed by atoms with van der Waals surface area (Å²) >= 11 is 0. The maximum Gasteiger partial charge on any atom is 0.136 e. The number of nitrogens with zero attached hydrogens (tertiary/aromatic N) is 2. The Morgan fingerprint density at radius 1 is 0.317 bits per heavy atom. The van der Waals surface area contributed by atoms with Crippen LogP contribution in [0.4, 0.5) is 17.1 Å². The van der Waals surface area contributed by atoms with Gasteiger partial charge in [-0.05, 0) is 122 Å². The molecule has 0 aliphatic carbocycles. The second kappa shape index (κ2) is 14.1. The van der Waals surface area contributed by atoms with Crippen LogP contribution in [0, 0.1) is 0 Å². The van der Waals surface area contributed by atoms with Gasteiger partial charge in [-0.1, -0.05) is 158 Å². The first kappa shape index (κ1) is 35.4. The van der Waals surface area contributed by atoms with Gasteiger partial charge in [0.15, 0.2) is 0 Å². The normalized spacial score (nSPS) is 11.8. The maximum atomic E-state index is 6.46. The molecule has 0 saturated heterocycles. The van der Waals surface area contributed by atoms with Crippen LogP contribution in [0.15, 0.2) is 235 Å². The first-order valence-corrected chi connectivity index (χ1v) is 21.6. The molecule has 13 rings (SSSR count). The van der Waals surface area contributed by atoms with Crippen LogP contribution in [0.5, 0.6) is 0 Å². The van der Waals surface area contributed by atoms with Crippen LogP contribution in [-0.4, -0.2) is 4.57 Å². The average Bonchev–Trinajstić information content (AvgIpc) is 3.88. The number of furan rings is 1. The van der Waals surface area contributed by atoms with E-state index in [9.17, 15) is 0 Å². The van der Waals surface area contributed by atoms with Gasteiger partial charge in [0.2, 0.25) is 0 Å². The average molecular weight is 803 g/mol. The molecular formula is C60H38N2O. The summed E-state index contributed by atoms with van der Waals surface area (Å²) in [6.45, 7) is 0. The van der Waals surface area contributed by atoms with Gasteiger partial charge in [0.25, 0.3) is 0 Å². The minimum absolute atomic E-state index is 0.884. The standard InChI is InChI=1S/C60H38N2O/c1-2-15-42-37-60-55(35-41(42)14-1)54-36-43(30-34-59(54)63-60)49-19-5-8-24-56(49)61(45-16-11-17-46(38-45)62-57-25-9-6-20-52(57)53-21-7-10-26-58(53)62)44-31-27-40(28-32-44)48-22-12-23-50-47-18-4-3-13-39(47)29-33-51(48)50/h1-38H. The van der Waals surface area contributed by atoms with Crippen molar-refractivity contribution in [2.45, 2.75) is 0 Å². The number of para-hydroxylation sites is 3. The van der Waals surface area contributed by atoms with Gasteiger partial charge in [-0.3, -0.25) is 0 Å². The van der Waals surface area contributed by atoms with Gasteiger partial charge in [0.1, 0.15) is 11.2 Å². The Hall–Kier alpha value is -8.40. The number of benzene rings is 11. The van der Waals surface area contributed by atoms with E-state index in [1.807, 2.05) is 0 Å². The SMILES string of the molecule is c1cc(N(c2ccc(-c3cccc4c3ccc3ccccc34)cc2)c2ccccc2-c2ccc3oc4cc5ccccc5cc4c3c2)cc(-n2c3ccccc3c3ccccc32)c1. The van der Waals surface area contributed by atoms with E-state index in [1.54, 1.807) is 0 Å². The van der Waals surface area contributed by atoms with Gasteiger partial charge < -0.3 is 13.9 Å². The number of anilines is 3. The summed E-state index contributed by atoms with van der Waals surface area (Å²) in [4.78, 5) is 2.41. The summed E-state index contributed by atoms with van der Waals surface area (Å²) in [5.74, 6) is 0. The Labute approximate surface area is 363 Å². The lowest BCUT2D eigenvalue weighted by molar-refractivity contribution is 0.669. The molecule has 0 aliphatic heterocycles. The van der Waals surface area contributed by atoms with E-state index in [-0.39, 0.29) is 0 Å². The van der Waals surface area contributed by atoms with E-state index in [4.69, 9.17) is 4.42 Å². The molecule has 3 nitrogen and oxygen atoms in total. The van der Waals surface area contributed by atoms with Gasteiger partial charge in [-0.25, -0.2) is 0 Å². The van der Waals surface area contributed by atoms with Gasteiger partial charge in [0.05, 0.1) is 16.7 Å². The highest BCUT2D eigenvalue weighted by Gasteiger charge is 2.21. The predicted octanol–water partition coefficient (Wildman–Crippen LogP) is 16.9. The zero-order valence-corrected chi connectivity index (χ0v) is 34.2. The smallest absolute Gasteiger partial charge is 0.136 e. The van der Waals surface area contributed by atoms with E-state index in [0.29, 0.717) is 0 Å². The van der Waals surface area contributed by atoms with Gasteiger partial charge in [-0.15, -0.1) is 0 Å². The molecule has 3 heteroatoms. The molecule has 2 aromatic heterocycles. The highest BCUT2D eigenvalue weighted by atomic mass is 16.3. The molecule has 0 N–H and O–H groups in total. The fourth-order valence-electron chi connectivity index (χ4n) is 10.0. The quantitative estimate of drug-likeness (QED) is 0.156. The maximum absolute atomic E-state index is 6.46. The lowest BCUT2D eigenvalue weighted by Gasteiger charge is -2.28. The summed E-state index contributed by atoms with van der Waals surface area (Å²) in [5.41, 5.74) is 13.1. The minimum Gasteiger partial charge on any atom is -0.456 e. The largest absolute Gasteiger partial charge is 0.456 e. The summed E-state index contributed by atoms with van der Waals surface area (Å²) in [5, 5.41) is 12.1. The lowest BCUT2D eigenvalue weighted by atomic mass is 9.94. The molecule has 0 saturated carbocycles. The van der Waals surface area contributed by atoms with E-state index in [1.165, 1.54) is 65.3 Å². The van der Waals surface area contributed by atoms with Crippen molar-refractivity contribution in [3.8, 4) is 27.9 Å². The van der Waals surface area contributed by atoms with Crippen LogP contribution in [0.1, 0.15) is 0 Å². The molecule has 0 spiro atoms. The Morgan fingerprint density at radius 3 is 1.75 bits per heavy atom. The molecule has 0 bridgehead atoms. The topological polar surface area (TPSA) is 21.3 Å². The van der Waals surface area contributed by atoms with Crippen molar-refractivity contribution >= 4 is 93.1 Å². The van der Waals surface area contributed by atoms with Crippen LogP contribution >= 0.6 is 0 Å². The zero-order valence-electron chi connectivity index (χ0n) is 34.2. The van der Waals surface area contributed by atoms with Crippen molar-refractivity contribution < 1.29 is 4.42 Å². The molecule has 2 heterocycles. The molecule has 0 amide bonds. The highest BCUT2D eigenvalue weighted by Crippen LogP contribution is 2.44. The van der Waals surface area contributed by atoms with E-state index in [2.05, 4.69) is 240 Å². The predicted molar refractivity (Wildman–Crippen MR) is 266 cm³/mol. The molecule has 0 atom stereocenters. The molecule has 63 heavy (non-hydrogen) atoms. The van der Waals surface area contributed by atoms with Crippen molar-refractivity contribution in [3.05, 3.63) is 231 Å². The Balaban J connectivity index is 0.998. The van der Waals surface area contributed by atoms with Crippen LogP contribution in [0.3, 0.4) is 0 Å². The lowest BCUT2D eigenvalue weighted by Crippen LogP contribution is -2.11. The van der Waals surface area contributed by atoms with E-state index < -0.39 is 0 Å². The van der Waals surface area contributed by atoms with Gasteiger partial charge in [0, 0.05) is 44.2 Å². The number of hydrogen-bond donors (Lipinski definition) is 0. The van der Waals surface area contributed by atoms with Crippen LogP contribution < -0.4 is 4.90 Å². The summed E-state index contributed by atoms with van der Waals surface area (Å²) < 4.78 is 8.86. The van der Waals surface area contributed by atoms with Gasteiger partial charge in [-0.2, -0.15) is 0 Å². The molecule has 13 aromatic rings. The molecule has 0 aliphatic rings. The van der Waals surface area contributed by atoms with Crippen molar-refractivity contribution in [1.82, 2.24) is 4.57 Å². The molecule has 11 aromatic carbocycles. The second-order valence-corrected chi connectivity index (χ2v) is 16.5. The third-order valence-electron chi connectivity index (χ3n) is 12.9. The highest BCUT2D eigenvalue weighted by molar-refractivity contribution is 6.13. The Kier molecular flexibility index (Phi) is 7.91. The zero-order chi connectivity index (χ0) is 41.4. The van der Waals surface area contributed by atoms with Gasteiger partial charge >= 0.3 is 0 Å². The third kappa shape index (κ3) is 5.67. The monoisotopic (exact) mass is 802 g/mol. The van der Waals surface area contributed by atoms with Crippen molar-refractivity contribution in [2.75, 3.05) is 4.90 Å². The summed E-state index contributed by atoms with van der Waals surface area (Å²) in [6.07, 6.45) is 0. The number of hydrogen-bond acceptors (Lipinski definition) is 2. The Morgan fingerprint density at radius 2 is 0.937 bits per heavy atom. The second-order valence-electron chi connectivity index (χ2n) is 16.5.